The molecule has 4 aliphatic rings. The van der Waals surface area contributed by atoms with Crippen LogP contribution in [0.5, 0.6) is 0 Å². The van der Waals surface area contributed by atoms with Crippen LogP contribution in [-0.4, -0.2) is 52.9 Å². The molecule has 1 aromatic carbocycles. The van der Waals surface area contributed by atoms with E-state index in [1.54, 1.807) is 0 Å². The number of carbonyl (C=O) groups is 1. The predicted molar refractivity (Wildman–Crippen MR) is 123 cm³/mol. The van der Waals surface area contributed by atoms with Gasteiger partial charge < -0.3 is 19.8 Å². The highest BCUT2D eigenvalue weighted by Crippen LogP contribution is 2.56. The van der Waals surface area contributed by atoms with E-state index >= 15 is 0 Å². The zero-order valence-electron chi connectivity index (χ0n) is 19.0. The minimum absolute atomic E-state index is 0.165. The van der Waals surface area contributed by atoms with E-state index in [-0.39, 0.29) is 29.3 Å². The fourth-order valence-electron chi connectivity index (χ4n) is 6.71. The first-order valence-corrected chi connectivity index (χ1v) is 12.4. The van der Waals surface area contributed by atoms with Gasteiger partial charge in [-0.1, -0.05) is 49.2 Å². The topological polar surface area (TPSA) is 70.0 Å². The van der Waals surface area contributed by atoms with Crippen LogP contribution in [-0.2, 0) is 15.1 Å². The minimum atomic E-state index is -0.866. The van der Waals surface area contributed by atoms with Gasteiger partial charge in [-0.25, -0.2) is 0 Å². The zero-order valence-corrected chi connectivity index (χ0v) is 19.7. The van der Waals surface area contributed by atoms with Gasteiger partial charge in [0, 0.05) is 42.4 Å². The first-order chi connectivity index (χ1) is 15.2. The Labute approximate surface area is 195 Å². The molecule has 2 aliphatic heterocycles. The number of rotatable bonds is 3. The third-order valence-electron chi connectivity index (χ3n) is 9.09. The Hall–Kier alpha value is -1.40. The van der Waals surface area contributed by atoms with Gasteiger partial charge in [0.25, 0.3) is 0 Å². The maximum atomic E-state index is 12.9. The highest BCUT2D eigenvalue weighted by atomic mass is 35.5. The smallest absolute Gasteiger partial charge is 0.311 e. The number of fused-ring (bicyclic) bond motifs is 2. The van der Waals surface area contributed by atoms with Crippen molar-refractivity contribution in [2.24, 2.45) is 23.2 Å². The summed E-state index contributed by atoms with van der Waals surface area (Å²) < 4.78 is 5.81. The Morgan fingerprint density at radius 3 is 2.59 bits per heavy atom. The van der Waals surface area contributed by atoms with Crippen molar-refractivity contribution in [3.63, 3.8) is 0 Å². The maximum Gasteiger partial charge on any atom is 0.311 e. The quantitative estimate of drug-likeness (QED) is 0.529. The molecule has 5 rings (SSSR count). The van der Waals surface area contributed by atoms with Crippen LogP contribution in [0.1, 0.15) is 51.5 Å². The molecular formula is C26H34ClNO4. The molecule has 0 spiro atoms. The summed E-state index contributed by atoms with van der Waals surface area (Å²) >= 11 is 6.00. The zero-order chi connectivity index (χ0) is 22.7. The van der Waals surface area contributed by atoms with Crippen molar-refractivity contribution in [1.29, 1.82) is 0 Å². The number of nitrogens with zero attached hydrogens (tertiary/aromatic N) is 1. The lowest BCUT2D eigenvalue weighted by Crippen LogP contribution is -2.55. The number of allylic oxidation sites excluding steroid dienone is 1. The molecule has 2 saturated heterocycles. The molecule has 0 amide bonds. The number of piperidine rings is 1. The van der Waals surface area contributed by atoms with E-state index < -0.39 is 11.7 Å². The van der Waals surface area contributed by atoms with E-state index in [0.29, 0.717) is 43.4 Å². The average molecular weight is 460 g/mol. The molecule has 0 unspecified atom stereocenters. The van der Waals surface area contributed by atoms with Crippen LogP contribution in [0.3, 0.4) is 0 Å². The van der Waals surface area contributed by atoms with Gasteiger partial charge in [0.2, 0.25) is 0 Å². The molecular weight excluding hydrogens is 426 g/mol. The molecule has 6 atom stereocenters. The van der Waals surface area contributed by atoms with E-state index in [2.05, 4.69) is 24.8 Å². The molecule has 174 valence electrons. The fourth-order valence-corrected chi connectivity index (χ4v) is 6.83. The van der Waals surface area contributed by atoms with Crippen molar-refractivity contribution in [1.82, 2.24) is 4.90 Å². The standard InChI is InChI=1S/C26H34ClNO4/c1-16-4-3-5-18-14-21-22(23(29)25(16,18)2)20(24(30)32-21)15-28-12-10-26(31,11-13-28)17-6-8-19(27)9-7-17/h5-9,16,20-23,29,31H,3-4,10-15H2,1-2H3/t16-,20+,21+,22-,23+,25+/m0/s1. The van der Waals surface area contributed by atoms with E-state index in [9.17, 15) is 15.0 Å². The summed E-state index contributed by atoms with van der Waals surface area (Å²) in [4.78, 5) is 15.1. The molecule has 0 radical (unpaired) electrons. The average Bonchev–Trinajstić information content (AvgIpc) is 3.07. The highest BCUT2D eigenvalue weighted by Gasteiger charge is 2.59. The Morgan fingerprint density at radius 1 is 1.22 bits per heavy atom. The predicted octanol–water partition coefficient (Wildman–Crippen LogP) is 3.91. The van der Waals surface area contributed by atoms with E-state index in [4.69, 9.17) is 16.3 Å². The summed E-state index contributed by atoms with van der Waals surface area (Å²) in [5.74, 6) is -0.265. The summed E-state index contributed by atoms with van der Waals surface area (Å²) in [5.41, 5.74) is 1.02. The molecule has 6 heteroatoms. The van der Waals surface area contributed by atoms with Gasteiger partial charge in [0.15, 0.2) is 0 Å². The van der Waals surface area contributed by atoms with Crippen molar-refractivity contribution < 1.29 is 19.7 Å². The molecule has 32 heavy (non-hydrogen) atoms. The monoisotopic (exact) mass is 459 g/mol. The van der Waals surface area contributed by atoms with Crippen molar-refractivity contribution in [2.75, 3.05) is 19.6 Å². The van der Waals surface area contributed by atoms with Crippen molar-refractivity contribution in [2.45, 2.75) is 63.8 Å². The van der Waals surface area contributed by atoms with Crippen LogP contribution in [0.25, 0.3) is 0 Å². The van der Waals surface area contributed by atoms with Crippen LogP contribution in [0.2, 0.25) is 5.02 Å². The Morgan fingerprint density at radius 2 is 1.91 bits per heavy atom. The van der Waals surface area contributed by atoms with Gasteiger partial charge >= 0.3 is 5.97 Å². The minimum Gasteiger partial charge on any atom is -0.461 e. The largest absolute Gasteiger partial charge is 0.461 e. The Kier molecular flexibility index (Phi) is 5.68. The van der Waals surface area contributed by atoms with Gasteiger partial charge in [0.05, 0.1) is 17.6 Å². The lowest BCUT2D eigenvalue weighted by molar-refractivity contribution is -0.145. The Balaban J connectivity index is 1.29. The Bertz CT molecular complexity index is 907. The van der Waals surface area contributed by atoms with Gasteiger partial charge in [0.1, 0.15) is 6.10 Å². The van der Waals surface area contributed by atoms with Gasteiger partial charge in [-0.15, -0.1) is 0 Å². The molecule has 3 fully saturated rings. The molecule has 0 bridgehead atoms. The number of halogens is 1. The molecule has 2 N–H and O–H groups in total. The number of benzene rings is 1. The van der Waals surface area contributed by atoms with Crippen LogP contribution in [0.15, 0.2) is 35.9 Å². The third kappa shape index (κ3) is 3.53. The summed E-state index contributed by atoms with van der Waals surface area (Å²) in [6.07, 6.45) is 5.55. The number of esters is 1. The van der Waals surface area contributed by atoms with Gasteiger partial charge in [-0.2, -0.15) is 0 Å². The molecule has 2 heterocycles. The number of hydrogen-bond donors (Lipinski definition) is 2. The number of hydrogen-bond acceptors (Lipinski definition) is 5. The molecule has 5 nitrogen and oxygen atoms in total. The van der Waals surface area contributed by atoms with E-state index in [0.717, 1.165) is 24.8 Å². The number of ether oxygens (including phenoxy) is 1. The van der Waals surface area contributed by atoms with Crippen LogP contribution < -0.4 is 0 Å². The summed E-state index contributed by atoms with van der Waals surface area (Å²) in [6.45, 7) is 6.39. The summed E-state index contributed by atoms with van der Waals surface area (Å²) in [6, 6.07) is 7.42. The second kappa shape index (κ2) is 8.12. The SMILES string of the molecule is C[C@H]1CCC=C2C[C@H]3OC(=O)[C@H](CN4CCC(O)(c5ccc(Cl)cc5)CC4)[C@@H]3[C@@H](O)[C@@]21C. The van der Waals surface area contributed by atoms with Gasteiger partial charge in [-0.3, -0.25) is 4.79 Å². The van der Waals surface area contributed by atoms with Crippen molar-refractivity contribution >= 4 is 17.6 Å². The maximum absolute atomic E-state index is 12.9. The number of aliphatic hydroxyl groups is 2. The highest BCUT2D eigenvalue weighted by molar-refractivity contribution is 6.30. The summed E-state index contributed by atoms with van der Waals surface area (Å²) in [5, 5.41) is 23.4. The fraction of sp³-hybridized carbons (Fsp3) is 0.654. The first-order valence-electron chi connectivity index (χ1n) is 12.0. The number of carbonyl (C=O) groups excluding carboxylic acids is 1. The van der Waals surface area contributed by atoms with Crippen LogP contribution in [0.4, 0.5) is 0 Å². The molecule has 1 aromatic rings. The second-order valence-corrected chi connectivity index (χ2v) is 11.1. The van der Waals surface area contributed by atoms with E-state index in [1.165, 1.54) is 5.57 Å². The van der Waals surface area contributed by atoms with Crippen molar-refractivity contribution in [3.8, 4) is 0 Å². The van der Waals surface area contributed by atoms with Crippen molar-refractivity contribution in [3.05, 3.63) is 46.5 Å². The normalized spacial score (nSPS) is 39.1. The molecule has 0 aromatic heterocycles. The molecule has 2 aliphatic carbocycles. The lowest BCUT2D eigenvalue weighted by atomic mass is 9.55. The third-order valence-corrected chi connectivity index (χ3v) is 9.34. The number of aliphatic hydroxyl groups excluding tert-OH is 1. The summed E-state index contributed by atoms with van der Waals surface area (Å²) in [7, 11) is 0. The first kappa shape index (κ1) is 22.4. The van der Waals surface area contributed by atoms with Gasteiger partial charge in [-0.05, 0) is 49.3 Å². The number of likely N-dealkylation sites (tertiary alicyclic amines) is 1. The lowest BCUT2D eigenvalue weighted by Gasteiger charge is -2.52. The molecule has 1 saturated carbocycles. The van der Waals surface area contributed by atoms with Crippen LogP contribution >= 0.6 is 11.6 Å². The second-order valence-electron chi connectivity index (χ2n) is 10.6. The van der Waals surface area contributed by atoms with Crippen LogP contribution in [0, 0.1) is 23.2 Å². The van der Waals surface area contributed by atoms with E-state index in [1.807, 2.05) is 24.3 Å².